The van der Waals surface area contributed by atoms with Crippen LogP contribution in [0.3, 0.4) is 0 Å². The Morgan fingerprint density at radius 2 is 1.74 bits per heavy atom. The molecule has 0 unspecified atom stereocenters. The lowest BCUT2D eigenvalue weighted by atomic mass is 10.1. The fraction of sp³-hybridized carbons (Fsp3) is 0.217. The SMILES string of the molecule is COC(=O)/C(C#N)=C/c1c(N2CCN(c3ccccc3)CC2)nc2ccccn2c1=O. The van der Waals surface area contributed by atoms with Crippen LogP contribution in [-0.2, 0) is 9.53 Å². The zero-order valence-corrected chi connectivity index (χ0v) is 17.1. The van der Waals surface area contributed by atoms with Crippen molar-refractivity contribution in [2.24, 2.45) is 0 Å². The van der Waals surface area contributed by atoms with Crippen LogP contribution in [0.1, 0.15) is 5.56 Å². The molecule has 8 heteroatoms. The molecule has 1 aliphatic rings. The molecule has 0 bridgehead atoms. The molecule has 1 aromatic carbocycles. The van der Waals surface area contributed by atoms with Crippen LogP contribution in [0.4, 0.5) is 11.5 Å². The maximum absolute atomic E-state index is 13.2. The van der Waals surface area contributed by atoms with E-state index >= 15 is 0 Å². The lowest BCUT2D eigenvalue weighted by Gasteiger charge is -2.37. The minimum absolute atomic E-state index is 0.193. The Hall–Kier alpha value is -4.12. The van der Waals surface area contributed by atoms with E-state index in [-0.39, 0.29) is 16.7 Å². The third-order valence-corrected chi connectivity index (χ3v) is 5.26. The average Bonchev–Trinajstić information content (AvgIpc) is 2.83. The van der Waals surface area contributed by atoms with Crippen LogP contribution in [0, 0.1) is 11.3 Å². The van der Waals surface area contributed by atoms with Crippen LogP contribution in [-0.4, -0.2) is 48.6 Å². The molecular weight excluding hydrogens is 394 g/mol. The Morgan fingerprint density at radius 1 is 1.06 bits per heavy atom. The molecule has 31 heavy (non-hydrogen) atoms. The predicted molar refractivity (Wildman–Crippen MR) is 118 cm³/mol. The van der Waals surface area contributed by atoms with Gasteiger partial charge in [-0.15, -0.1) is 0 Å². The van der Waals surface area contributed by atoms with Gasteiger partial charge in [0.15, 0.2) is 0 Å². The Balaban J connectivity index is 1.75. The minimum atomic E-state index is -0.792. The van der Waals surface area contributed by atoms with E-state index in [1.807, 2.05) is 35.2 Å². The first-order valence-corrected chi connectivity index (χ1v) is 9.89. The molecule has 2 aromatic heterocycles. The number of methoxy groups -OCH3 is 1. The zero-order chi connectivity index (χ0) is 21.8. The second-order valence-corrected chi connectivity index (χ2v) is 7.05. The maximum atomic E-state index is 13.2. The van der Waals surface area contributed by atoms with Crippen molar-refractivity contribution in [3.8, 4) is 6.07 Å². The fourth-order valence-corrected chi connectivity index (χ4v) is 3.66. The van der Waals surface area contributed by atoms with E-state index in [4.69, 9.17) is 4.98 Å². The van der Waals surface area contributed by atoms with Gasteiger partial charge in [-0.1, -0.05) is 24.3 Å². The van der Waals surface area contributed by atoms with Crippen molar-refractivity contribution in [1.29, 1.82) is 5.26 Å². The Kier molecular flexibility index (Phi) is 5.67. The normalized spacial score (nSPS) is 14.4. The number of pyridine rings is 1. The molecule has 0 radical (unpaired) electrons. The molecular formula is C23H21N5O3. The summed E-state index contributed by atoms with van der Waals surface area (Å²) in [7, 11) is 1.20. The second-order valence-electron chi connectivity index (χ2n) is 7.05. The number of carbonyl (C=O) groups is 1. The average molecular weight is 415 g/mol. The second kappa shape index (κ2) is 8.71. The molecule has 8 nitrogen and oxygen atoms in total. The van der Waals surface area contributed by atoms with Crippen molar-refractivity contribution in [3.63, 3.8) is 0 Å². The van der Waals surface area contributed by atoms with Gasteiger partial charge in [0.25, 0.3) is 5.56 Å². The Morgan fingerprint density at radius 3 is 2.42 bits per heavy atom. The molecule has 3 aromatic rings. The number of ether oxygens (including phenoxy) is 1. The van der Waals surface area contributed by atoms with Crippen LogP contribution in [0.2, 0.25) is 0 Å². The molecule has 1 fully saturated rings. The van der Waals surface area contributed by atoms with Crippen molar-refractivity contribution < 1.29 is 9.53 Å². The molecule has 0 aliphatic carbocycles. The number of carbonyl (C=O) groups excluding carboxylic acids is 1. The number of anilines is 2. The van der Waals surface area contributed by atoms with Gasteiger partial charge in [0, 0.05) is 38.1 Å². The van der Waals surface area contributed by atoms with Crippen LogP contribution in [0.15, 0.2) is 65.1 Å². The number of fused-ring (bicyclic) bond motifs is 1. The number of aromatic nitrogens is 2. The number of esters is 1. The van der Waals surface area contributed by atoms with Crippen molar-refractivity contribution in [2.45, 2.75) is 0 Å². The highest BCUT2D eigenvalue weighted by atomic mass is 16.5. The lowest BCUT2D eigenvalue weighted by molar-refractivity contribution is -0.135. The highest BCUT2D eigenvalue weighted by Crippen LogP contribution is 2.23. The number of nitrogens with zero attached hydrogens (tertiary/aromatic N) is 5. The van der Waals surface area contributed by atoms with Gasteiger partial charge in [-0.3, -0.25) is 9.20 Å². The molecule has 4 rings (SSSR count). The number of hydrogen-bond donors (Lipinski definition) is 0. The summed E-state index contributed by atoms with van der Waals surface area (Å²) in [5.74, 6) is -0.333. The summed E-state index contributed by atoms with van der Waals surface area (Å²) in [4.78, 5) is 34.2. The van der Waals surface area contributed by atoms with Crippen LogP contribution in [0.5, 0.6) is 0 Å². The van der Waals surface area contributed by atoms with Gasteiger partial charge in [0.05, 0.1) is 12.7 Å². The van der Waals surface area contributed by atoms with Gasteiger partial charge in [0.1, 0.15) is 23.1 Å². The predicted octanol–water partition coefficient (Wildman–Crippen LogP) is 2.10. The third kappa shape index (κ3) is 3.98. The summed E-state index contributed by atoms with van der Waals surface area (Å²) in [6.45, 7) is 2.80. The first-order chi connectivity index (χ1) is 15.1. The molecule has 0 N–H and O–H groups in total. The molecule has 0 spiro atoms. The monoisotopic (exact) mass is 415 g/mol. The summed E-state index contributed by atoms with van der Waals surface area (Å²) >= 11 is 0. The van der Waals surface area contributed by atoms with Crippen molar-refractivity contribution in [1.82, 2.24) is 9.38 Å². The maximum Gasteiger partial charge on any atom is 0.348 e. The molecule has 1 saturated heterocycles. The lowest BCUT2D eigenvalue weighted by Crippen LogP contribution is -2.47. The molecule has 3 heterocycles. The van der Waals surface area contributed by atoms with E-state index in [2.05, 4.69) is 21.8 Å². The minimum Gasteiger partial charge on any atom is -0.465 e. The number of piperazine rings is 1. The first kappa shape index (κ1) is 20.2. The van der Waals surface area contributed by atoms with Crippen LogP contribution < -0.4 is 15.4 Å². The van der Waals surface area contributed by atoms with Crippen LogP contribution >= 0.6 is 0 Å². The van der Waals surface area contributed by atoms with E-state index in [0.29, 0.717) is 24.6 Å². The quantitative estimate of drug-likeness (QED) is 0.366. The molecule has 1 aliphatic heterocycles. The molecule has 0 atom stereocenters. The van der Waals surface area contributed by atoms with E-state index < -0.39 is 5.97 Å². The summed E-state index contributed by atoms with van der Waals surface area (Å²) < 4.78 is 6.08. The Labute approximate surface area is 179 Å². The number of benzene rings is 1. The summed E-state index contributed by atoms with van der Waals surface area (Å²) in [6, 6.07) is 17.2. The van der Waals surface area contributed by atoms with Gasteiger partial charge < -0.3 is 14.5 Å². The third-order valence-electron chi connectivity index (χ3n) is 5.26. The number of hydrogen-bond acceptors (Lipinski definition) is 7. The van der Waals surface area contributed by atoms with Gasteiger partial charge in [-0.25, -0.2) is 9.78 Å². The highest BCUT2D eigenvalue weighted by molar-refractivity contribution is 5.98. The summed E-state index contributed by atoms with van der Waals surface area (Å²) in [5, 5.41) is 9.39. The van der Waals surface area contributed by atoms with Gasteiger partial charge in [-0.2, -0.15) is 5.26 Å². The van der Waals surface area contributed by atoms with Crippen molar-refractivity contribution >= 4 is 29.2 Å². The number of para-hydroxylation sites is 1. The summed E-state index contributed by atoms with van der Waals surface area (Å²) in [6.07, 6.45) is 2.89. The highest BCUT2D eigenvalue weighted by Gasteiger charge is 2.23. The number of rotatable bonds is 4. The topological polar surface area (TPSA) is 90.9 Å². The van der Waals surface area contributed by atoms with Crippen molar-refractivity contribution in [2.75, 3.05) is 43.1 Å². The molecule has 156 valence electrons. The standard InChI is InChI=1S/C23H21N5O3/c1-31-23(30)17(16-24)15-19-21(25-20-9-5-6-10-28(20)22(19)29)27-13-11-26(12-14-27)18-7-3-2-4-8-18/h2-10,15H,11-14H2,1H3/b17-15+. The fourth-order valence-electron chi connectivity index (χ4n) is 3.66. The van der Waals surface area contributed by atoms with E-state index in [9.17, 15) is 14.9 Å². The number of nitriles is 1. The largest absolute Gasteiger partial charge is 0.465 e. The van der Waals surface area contributed by atoms with E-state index in [1.165, 1.54) is 17.6 Å². The van der Waals surface area contributed by atoms with E-state index in [1.54, 1.807) is 18.3 Å². The van der Waals surface area contributed by atoms with Crippen LogP contribution in [0.25, 0.3) is 11.7 Å². The van der Waals surface area contributed by atoms with Gasteiger partial charge >= 0.3 is 5.97 Å². The van der Waals surface area contributed by atoms with Crippen molar-refractivity contribution in [3.05, 3.63) is 76.2 Å². The molecule has 0 amide bonds. The zero-order valence-electron chi connectivity index (χ0n) is 17.1. The van der Waals surface area contributed by atoms with Gasteiger partial charge in [-0.05, 0) is 30.3 Å². The van der Waals surface area contributed by atoms with E-state index in [0.717, 1.165) is 18.8 Å². The smallest absolute Gasteiger partial charge is 0.348 e. The molecule has 0 saturated carbocycles. The van der Waals surface area contributed by atoms with Gasteiger partial charge in [0.2, 0.25) is 0 Å². The Bertz CT molecular complexity index is 1240. The summed E-state index contributed by atoms with van der Waals surface area (Å²) in [5.41, 5.74) is 1.25. The first-order valence-electron chi connectivity index (χ1n) is 9.89.